The Kier molecular flexibility index (Phi) is 3.69. The Morgan fingerprint density at radius 2 is 2.11 bits per heavy atom. The van der Waals surface area contributed by atoms with Gasteiger partial charge in [0.15, 0.2) is 0 Å². The summed E-state index contributed by atoms with van der Waals surface area (Å²) < 4.78 is 0. The molecule has 19 heavy (non-hydrogen) atoms. The van der Waals surface area contributed by atoms with Gasteiger partial charge in [0, 0.05) is 18.3 Å². The van der Waals surface area contributed by atoms with Gasteiger partial charge in [-0.15, -0.1) is 0 Å². The summed E-state index contributed by atoms with van der Waals surface area (Å²) in [4.78, 5) is 7.39. The van der Waals surface area contributed by atoms with Crippen LogP contribution in [0.4, 0.5) is 5.69 Å². The third-order valence-corrected chi connectivity index (χ3v) is 4.27. The van der Waals surface area contributed by atoms with Crippen LogP contribution in [-0.2, 0) is 0 Å². The number of fused-ring (bicyclic) bond motifs is 1. The van der Waals surface area contributed by atoms with Crippen LogP contribution in [0.1, 0.15) is 25.7 Å². The highest BCUT2D eigenvalue weighted by Gasteiger charge is 2.19. The summed E-state index contributed by atoms with van der Waals surface area (Å²) in [6, 6.07) is 7.05. The van der Waals surface area contributed by atoms with Crippen LogP contribution < -0.4 is 10.6 Å². The first-order chi connectivity index (χ1) is 9.35. The molecule has 1 fully saturated rings. The molecular formula is C15H22N4. The van der Waals surface area contributed by atoms with Gasteiger partial charge >= 0.3 is 0 Å². The van der Waals surface area contributed by atoms with Crippen molar-refractivity contribution in [1.82, 2.24) is 15.3 Å². The number of nitrogens with one attached hydrogen (secondary N) is 3. The Morgan fingerprint density at radius 3 is 2.89 bits per heavy atom. The number of aromatic nitrogens is 2. The van der Waals surface area contributed by atoms with Crippen LogP contribution in [0, 0.1) is 5.92 Å². The molecule has 1 heterocycles. The second-order valence-corrected chi connectivity index (χ2v) is 5.52. The lowest BCUT2D eigenvalue weighted by molar-refractivity contribution is 0.312. The van der Waals surface area contributed by atoms with E-state index in [9.17, 15) is 0 Å². The minimum Gasteiger partial charge on any atom is -0.385 e. The van der Waals surface area contributed by atoms with Crippen molar-refractivity contribution in [3.05, 3.63) is 24.5 Å². The fourth-order valence-electron chi connectivity index (χ4n) is 2.96. The van der Waals surface area contributed by atoms with Crippen molar-refractivity contribution >= 4 is 16.7 Å². The number of nitrogens with zero attached hydrogens (tertiary/aromatic N) is 1. The van der Waals surface area contributed by atoms with E-state index in [4.69, 9.17) is 0 Å². The zero-order valence-electron chi connectivity index (χ0n) is 11.4. The molecule has 0 aliphatic heterocycles. The van der Waals surface area contributed by atoms with Gasteiger partial charge in [-0.25, -0.2) is 4.98 Å². The van der Waals surface area contributed by atoms with Gasteiger partial charge in [-0.3, -0.25) is 0 Å². The number of anilines is 1. The topological polar surface area (TPSA) is 52.7 Å². The van der Waals surface area contributed by atoms with Crippen molar-refractivity contribution in [3.63, 3.8) is 0 Å². The van der Waals surface area contributed by atoms with Crippen molar-refractivity contribution in [2.24, 2.45) is 5.92 Å². The first-order valence-corrected chi connectivity index (χ1v) is 7.19. The Bertz CT molecular complexity index is 526. The van der Waals surface area contributed by atoms with E-state index >= 15 is 0 Å². The molecule has 4 nitrogen and oxygen atoms in total. The molecule has 0 unspecified atom stereocenters. The van der Waals surface area contributed by atoms with Crippen LogP contribution >= 0.6 is 0 Å². The molecule has 3 N–H and O–H groups in total. The zero-order valence-corrected chi connectivity index (χ0v) is 11.4. The molecule has 1 saturated carbocycles. The summed E-state index contributed by atoms with van der Waals surface area (Å²) in [5.41, 5.74) is 3.32. The number of hydrogen-bond acceptors (Lipinski definition) is 3. The van der Waals surface area contributed by atoms with E-state index in [0.717, 1.165) is 29.5 Å². The van der Waals surface area contributed by atoms with Crippen molar-refractivity contribution in [2.45, 2.75) is 31.7 Å². The predicted molar refractivity (Wildman–Crippen MR) is 79.4 cm³/mol. The molecule has 0 amide bonds. The van der Waals surface area contributed by atoms with Crippen molar-refractivity contribution < 1.29 is 0 Å². The summed E-state index contributed by atoms with van der Waals surface area (Å²) in [7, 11) is 2.07. The molecule has 0 saturated heterocycles. The minimum absolute atomic E-state index is 0.734. The Labute approximate surface area is 114 Å². The Hall–Kier alpha value is -1.55. The molecule has 0 spiro atoms. The van der Waals surface area contributed by atoms with Crippen LogP contribution in [0.3, 0.4) is 0 Å². The van der Waals surface area contributed by atoms with Gasteiger partial charge in [0.2, 0.25) is 0 Å². The van der Waals surface area contributed by atoms with Crippen molar-refractivity contribution in [2.75, 3.05) is 18.9 Å². The number of H-pyrrole nitrogens is 1. The second-order valence-electron chi connectivity index (χ2n) is 5.52. The summed E-state index contributed by atoms with van der Waals surface area (Å²) in [5.74, 6) is 0.807. The number of hydrogen-bond donors (Lipinski definition) is 3. The van der Waals surface area contributed by atoms with Gasteiger partial charge in [-0.1, -0.05) is 0 Å². The average Bonchev–Trinajstić information content (AvgIpc) is 2.93. The Balaban J connectivity index is 1.54. The molecule has 1 aliphatic carbocycles. The summed E-state index contributed by atoms with van der Waals surface area (Å²) in [6.45, 7) is 1.08. The van der Waals surface area contributed by atoms with Crippen LogP contribution in [0.2, 0.25) is 0 Å². The van der Waals surface area contributed by atoms with Gasteiger partial charge in [0.25, 0.3) is 0 Å². The average molecular weight is 258 g/mol. The minimum atomic E-state index is 0.734. The molecule has 4 heteroatoms. The maximum Gasteiger partial charge on any atom is 0.0931 e. The first-order valence-electron chi connectivity index (χ1n) is 7.19. The molecule has 1 aromatic heterocycles. The maximum absolute atomic E-state index is 4.24. The van der Waals surface area contributed by atoms with Gasteiger partial charge in [0.1, 0.15) is 0 Å². The van der Waals surface area contributed by atoms with Gasteiger partial charge in [-0.2, -0.15) is 0 Å². The lowest BCUT2D eigenvalue weighted by Crippen LogP contribution is -2.32. The third-order valence-electron chi connectivity index (χ3n) is 4.27. The van der Waals surface area contributed by atoms with Crippen LogP contribution in [0.25, 0.3) is 11.0 Å². The smallest absolute Gasteiger partial charge is 0.0931 e. The molecule has 0 radical (unpaired) electrons. The molecule has 1 aliphatic rings. The number of rotatable bonds is 4. The Morgan fingerprint density at radius 1 is 1.26 bits per heavy atom. The summed E-state index contributed by atoms with van der Waals surface area (Å²) >= 11 is 0. The fourth-order valence-corrected chi connectivity index (χ4v) is 2.96. The van der Waals surface area contributed by atoms with E-state index < -0.39 is 0 Å². The maximum atomic E-state index is 4.24. The molecular weight excluding hydrogens is 236 g/mol. The van der Waals surface area contributed by atoms with E-state index in [2.05, 4.69) is 45.8 Å². The van der Waals surface area contributed by atoms with E-state index in [1.165, 1.54) is 31.4 Å². The van der Waals surface area contributed by atoms with Crippen LogP contribution in [0.5, 0.6) is 0 Å². The van der Waals surface area contributed by atoms with Crippen LogP contribution in [0.15, 0.2) is 24.5 Å². The van der Waals surface area contributed by atoms with Gasteiger partial charge in [-0.05, 0) is 56.8 Å². The molecule has 102 valence electrons. The lowest BCUT2D eigenvalue weighted by Gasteiger charge is -2.28. The normalized spacial score (nSPS) is 23.6. The number of imidazole rings is 1. The van der Waals surface area contributed by atoms with Gasteiger partial charge < -0.3 is 15.6 Å². The largest absolute Gasteiger partial charge is 0.385 e. The zero-order chi connectivity index (χ0) is 13.1. The number of aromatic amines is 1. The highest BCUT2D eigenvalue weighted by molar-refractivity contribution is 5.78. The van der Waals surface area contributed by atoms with Gasteiger partial charge in [0.05, 0.1) is 17.4 Å². The molecule has 2 aromatic rings. The van der Waals surface area contributed by atoms with Crippen LogP contribution in [-0.4, -0.2) is 29.6 Å². The molecule has 0 atom stereocenters. The monoisotopic (exact) mass is 258 g/mol. The predicted octanol–water partition coefficient (Wildman–Crippen LogP) is 2.75. The summed E-state index contributed by atoms with van der Waals surface area (Å²) in [6.07, 6.45) is 7.01. The third kappa shape index (κ3) is 2.89. The van der Waals surface area contributed by atoms with E-state index in [1.54, 1.807) is 6.33 Å². The van der Waals surface area contributed by atoms with E-state index in [1.807, 2.05) is 0 Å². The quantitative estimate of drug-likeness (QED) is 0.790. The van der Waals surface area contributed by atoms with Crippen molar-refractivity contribution in [3.8, 4) is 0 Å². The first kappa shape index (κ1) is 12.5. The molecule has 0 bridgehead atoms. The van der Waals surface area contributed by atoms with E-state index in [-0.39, 0.29) is 0 Å². The van der Waals surface area contributed by atoms with E-state index in [0.29, 0.717) is 0 Å². The highest BCUT2D eigenvalue weighted by Crippen LogP contribution is 2.25. The molecule has 1 aromatic carbocycles. The molecule has 3 rings (SSSR count). The second kappa shape index (κ2) is 5.61. The van der Waals surface area contributed by atoms with Crippen molar-refractivity contribution in [1.29, 1.82) is 0 Å². The fraction of sp³-hybridized carbons (Fsp3) is 0.533. The number of benzene rings is 1. The standard InChI is InChI=1S/C15H22N4/c1-16-12-4-2-11(3-5-12)9-17-13-6-7-14-15(8-13)19-10-18-14/h6-8,10-12,16-17H,2-5,9H2,1H3,(H,18,19). The summed E-state index contributed by atoms with van der Waals surface area (Å²) in [5, 5.41) is 6.94. The lowest BCUT2D eigenvalue weighted by atomic mass is 9.86. The SMILES string of the molecule is CNC1CCC(CNc2ccc3nc[nH]c3c2)CC1. The highest BCUT2D eigenvalue weighted by atomic mass is 14.9.